The number of nitrogens with one attached hydrogen (secondary N) is 3. The molecule has 1 saturated heterocycles. The third kappa shape index (κ3) is 3.37. The number of para-hydroxylation sites is 1. The number of carbonyl (C=O) groups excluding carboxylic acids is 1. The van der Waals surface area contributed by atoms with Gasteiger partial charge in [-0.2, -0.15) is 0 Å². The first kappa shape index (κ1) is 19.5. The van der Waals surface area contributed by atoms with Gasteiger partial charge in [0.15, 0.2) is 0 Å². The molecule has 3 aliphatic rings. The predicted molar refractivity (Wildman–Crippen MR) is 126 cm³/mol. The SMILES string of the molecule is O=C(c1ccc2nc[nH]c2c1)N1CCC2(C1)NCc1ccccc1NC2=NC1CCCC1. The Hall–Kier alpha value is -3.19. The minimum Gasteiger partial charge on any atom is -0.345 e. The molecule has 1 aromatic heterocycles. The number of hydrogen-bond donors (Lipinski definition) is 3. The van der Waals surface area contributed by atoms with Crippen LogP contribution < -0.4 is 10.6 Å². The van der Waals surface area contributed by atoms with Crippen molar-refractivity contribution in [2.24, 2.45) is 4.99 Å². The number of amides is 1. The van der Waals surface area contributed by atoms with E-state index in [-0.39, 0.29) is 11.4 Å². The van der Waals surface area contributed by atoms with Gasteiger partial charge in [-0.25, -0.2) is 4.98 Å². The van der Waals surface area contributed by atoms with Gasteiger partial charge < -0.3 is 15.2 Å². The van der Waals surface area contributed by atoms with Crippen LogP contribution in [0.4, 0.5) is 5.69 Å². The Morgan fingerprint density at radius 1 is 1.16 bits per heavy atom. The van der Waals surface area contributed by atoms with E-state index in [1.54, 1.807) is 6.33 Å². The minimum atomic E-state index is -0.352. The maximum absolute atomic E-state index is 13.4. The van der Waals surface area contributed by atoms with Crippen molar-refractivity contribution in [1.29, 1.82) is 0 Å². The molecule has 3 heterocycles. The van der Waals surface area contributed by atoms with E-state index in [1.807, 2.05) is 23.1 Å². The van der Waals surface area contributed by atoms with Crippen LogP contribution in [0, 0.1) is 0 Å². The highest BCUT2D eigenvalue weighted by Crippen LogP contribution is 2.32. The number of likely N-dealkylation sites (tertiary alicyclic amines) is 1. The Bertz CT molecular complexity index is 1190. The normalized spacial score (nSPS) is 24.8. The van der Waals surface area contributed by atoms with Crippen LogP contribution in [0.15, 0.2) is 53.8 Å². The summed E-state index contributed by atoms with van der Waals surface area (Å²) in [6, 6.07) is 14.5. The first-order valence-electron chi connectivity index (χ1n) is 11.6. The Balaban J connectivity index is 1.31. The van der Waals surface area contributed by atoms with Crippen LogP contribution in [-0.2, 0) is 6.54 Å². The number of benzene rings is 2. The Morgan fingerprint density at radius 2 is 2.03 bits per heavy atom. The Kier molecular flexibility index (Phi) is 4.72. The summed E-state index contributed by atoms with van der Waals surface area (Å²) >= 11 is 0. The van der Waals surface area contributed by atoms with Crippen LogP contribution in [0.5, 0.6) is 0 Å². The van der Waals surface area contributed by atoms with Crippen LogP contribution >= 0.6 is 0 Å². The quantitative estimate of drug-likeness (QED) is 0.581. The molecule has 1 atom stereocenters. The molecule has 1 spiro atoms. The number of H-pyrrole nitrogens is 1. The number of rotatable bonds is 2. The molecule has 6 rings (SSSR count). The second kappa shape index (κ2) is 7.74. The number of amidine groups is 1. The van der Waals surface area contributed by atoms with Gasteiger partial charge in [-0.3, -0.25) is 15.1 Å². The van der Waals surface area contributed by atoms with Crippen molar-refractivity contribution in [2.75, 3.05) is 18.4 Å². The monoisotopic (exact) mass is 428 g/mol. The van der Waals surface area contributed by atoms with Crippen molar-refractivity contribution in [3.8, 4) is 0 Å². The van der Waals surface area contributed by atoms with Crippen molar-refractivity contribution in [3.63, 3.8) is 0 Å². The van der Waals surface area contributed by atoms with Crippen molar-refractivity contribution >= 4 is 28.5 Å². The van der Waals surface area contributed by atoms with E-state index in [2.05, 4.69) is 44.9 Å². The molecule has 2 aromatic carbocycles. The number of aliphatic imine (C=N–C) groups is 1. The summed E-state index contributed by atoms with van der Waals surface area (Å²) in [6.07, 6.45) is 7.30. The number of fused-ring (bicyclic) bond motifs is 2. The zero-order valence-corrected chi connectivity index (χ0v) is 18.1. The van der Waals surface area contributed by atoms with Gasteiger partial charge in [-0.1, -0.05) is 31.0 Å². The van der Waals surface area contributed by atoms with Crippen LogP contribution in [0.3, 0.4) is 0 Å². The maximum Gasteiger partial charge on any atom is 0.254 e. The van der Waals surface area contributed by atoms with Crippen molar-refractivity contribution in [2.45, 2.75) is 50.2 Å². The second-order valence-electron chi connectivity index (χ2n) is 9.24. The summed E-state index contributed by atoms with van der Waals surface area (Å²) in [5.41, 5.74) is 4.45. The molecule has 7 nitrogen and oxygen atoms in total. The number of nitrogens with zero attached hydrogens (tertiary/aromatic N) is 3. The second-order valence-corrected chi connectivity index (χ2v) is 9.24. The van der Waals surface area contributed by atoms with Gasteiger partial charge in [0.05, 0.1) is 28.9 Å². The van der Waals surface area contributed by atoms with Crippen LogP contribution in [0.1, 0.15) is 48.0 Å². The fraction of sp³-hybridized carbons (Fsp3) is 0.400. The predicted octanol–water partition coefficient (Wildman–Crippen LogP) is 3.70. The van der Waals surface area contributed by atoms with Crippen molar-refractivity contribution < 1.29 is 4.79 Å². The zero-order valence-electron chi connectivity index (χ0n) is 18.1. The fourth-order valence-corrected chi connectivity index (χ4v) is 5.34. The number of aromatic amines is 1. The van der Waals surface area contributed by atoms with Gasteiger partial charge >= 0.3 is 0 Å². The summed E-state index contributed by atoms with van der Waals surface area (Å²) in [7, 11) is 0. The number of anilines is 1. The standard InChI is InChI=1S/C25H28N6O/c32-23(17-9-10-21-22(13-17)27-16-26-21)31-12-11-25(15-31)24(29-19-6-2-3-7-19)30-20-8-4-1-5-18(20)14-28-25/h1,4-5,8-10,13,16,19,28H,2-3,6-7,11-12,14-15H2,(H,26,27)(H,29,30). The number of aromatic nitrogens is 2. The number of carbonyl (C=O) groups is 1. The van der Waals surface area contributed by atoms with Gasteiger partial charge in [0.2, 0.25) is 0 Å². The Labute approximate surface area is 187 Å². The summed E-state index contributed by atoms with van der Waals surface area (Å²) < 4.78 is 0. The largest absolute Gasteiger partial charge is 0.345 e. The molecule has 1 amide bonds. The van der Waals surface area contributed by atoms with Gasteiger partial charge in [0.25, 0.3) is 5.91 Å². The molecule has 2 fully saturated rings. The minimum absolute atomic E-state index is 0.0575. The van der Waals surface area contributed by atoms with Crippen molar-refractivity contribution in [3.05, 3.63) is 59.9 Å². The maximum atomic E-state index is 13.4. The smallest absolute Gasteiger partial charge is 0.254 e. The zero-order chi connectivity index (χ0) is 21.5. The molecule has 1 aliphatic carbocycles. The third-order valence-corrected chi connectivity index (χ3v) is 7.20. The molecule has 2 aliphatic heterocycles. The lowest BCUT2D eigenvalue weighted by atomic mass is 9.96. The molecule has 1 saturated carbocycles. The molecule has 7 heteroatoms. The van der Waals surface area contributed by atoms with Crippen LogP contribution in [-0.4, -0.2) is 51.3 Å². The summed E-state index contributed by atoms with van der Waals surface area (Å²) in [4.78, 5) is 27.9. The lowest BCUT2D eigenvalue weighted by molar-refractivity contribution is 0.0786. The van der Waals surface area contributed by atoms with E-state index in [1.165, 1.54) is 18.4 Å². The summed E-state index contributed by atoms with van der Waals surface area (Å²) in [6.45, 7) is 2.07. The first-order chi connectivity index (χ1) is 15.7. The molecule has 0 radical (unpaired) electrons. The average molecular weight is 429 g/mol. The lowest BCUT2D eigenvalue weighted by Gasteiger charge is -2.31. The number of imidazole rings is 1. The number of hydrogen-bond acceptors (Lipinski definition) is 4. The summed E-state index contributed by atoms with van der Waals surface area (Å²) in [5.74, 6) is 1.05. The highest BCUT2D eigenvalue weighted by atomic mass is 16.2. The molecule has 32 heavy (non-hydrogen) atoms. The topological polar surface area (TPSA) is 85.4 Å². The Morgan fingerprint density at radius 3 is 2.94 bits per heavy atom. The molecular weight excluding hydrogens is 400 g/mol. The molecule has 0 bridgehead atoms. The average Bonchev–Trinajstić information content (AvgIpc) is 3.56. The van der Waals surface area contributed by atoms with E-state index < -0.39 is 0 Å². The first-order valence-corrected chi connectivity index (χ1v) is 11.6. The van der Waals surface area contributed by atoms with Gasteiger partial charge in [0.1, 0.15) is 5.84 Å². The van der Waals surface area contributed by atoms with Gasteiger partial charge in [0, 0.05) is 30.9 Å². The van der Waals surface area contributed by atoms with E-state index >= 15 is 0 Å². The van der Waals surface area contributed by atoms with Crippen LogP contribution in [0.25, 0.3) is 11.0 Å². The highest BCUT2D eigenvalue weighted by molar-refractivity contribution is 6.05. The molecule has 1 unspecified atom stereocenters. The molecule has 3 N–H and O–H groups in total. The van der Waals surface area contributed by atoms with Gasteiger partial charge in [-0.15, -0.1) is 0 Å². The van der Waals surface area contributed by atoms with Crippen molar-refractivity contribution in [1.82, 2.24) is 20.2 Å². The van der Waals surface area contributed by atoms with Gasteiger partial charge in [-0.05, 0) is 49.1 Å². The summed E-state index contributed by atoms with van der Waals surface area (Å²) in [5, 5.41) is 7.47. The van der Waals surface area contributed by atoms with E-state index in [0.717, 1.165) is 48.4 Å². The van der Waals surface area contributed by atoms with E-state index in [9.17, 15) is 4.79 Å². The molecule has 3 aromatic rings. The highest BCUT2D eigenvalue weighted by Gasteiger charge is 2.46. The van der Waals surface area contributed by atoms with E-state index in [0.29, 0.717) is 24.7 Å². The lowest BCUT2D eigenvalue weighted by Crippen LogP contribution is -2.55. The van der Waals surface area contributed by atoms with Crippen LogP contribution in [0.2, 0.25) is 0 Å². The molecular formula is C25H28N6O. The molecule has 164 valence electrons. The van der Waals surface area contributed by atoms with E-state index in [4.69, 9.17) is 4.99 Å². The fourth-order valence-electron chi connectivity index (χ4n) is 5.34. The third-order valence-electron chi connectivity index (χ3n) is 7.20.